The van der Waals surface area contributed by atoms with Crippen LogP contribution >= 0.6 is 11.6 Å². The molecule has 22 heavy (non-hydrogen) atoms. The van der Waals surface area contributed by atoms with Crippen LogP contribution in [0, 0.1) is 5.92 Å². The number of hydrogen-bond acceptors (Lipinski definition) is 4. The lowest BCUT2D eigenvalue weighted by atomic mass is 9.86. The van der Waals surface area contributed by atoms with Crippen LogP contribution in [0.2, 0.25) is 5.02 Å². The van der Waals surface area contributed by atoms with Crippen molar-refractivity contribution >= 4 is 11.6 Å². The maximum atomic E-state index is 6.19. The second-order valence-electron chi connectivity index (χ2n) is 6.03. The third-order valence-electron chi connectivity index (χ3n) is 4.66. The van der Waals surface area contributed by atoms with Crippen molar-refractivity contribution in [3.63, 3.8) is 0 Å². The summed E-state index contributed by atoms with van der Waals surface area (Å²) < 4.78 is 6.06. The van der Waals surface area contributed by atoms with Gasteiger partial charge in [-0.3, -0.25) is 4.90 Å². The molecule has 3 saturated heterocycles. The first-order chi connectivity index (χ1) is 10.8. The summed E-state index contributed by atoms with van der Waals surface area (Å²) in [6.07, 6.45) is 2.72. The first-order valence-corrected chi connectivity index (χ1v) is 8.15. The van der Waals surface area contributed by atoms with Gasteiger partial charge in [0.05, 0.1) is 10.7 Å². The largest absolute Gasteiger partial charge is 0.472 e. The number of benzene rings is 1. The van der Waals surface area contributed by atoms with Crippen molar-refractivity contribution in [1.82, 2.24) is 15.1 Å². The highest BCUT2D eigenvalue weighted by Crippen LogP contribution is 2.31. The van der Waals surface area contributed by atoms with Crippen LogP contribution in [0.25, 0.3) is 11.3 Å². The molecule has 5 heteroatoms. The van der Waals surface area contributed by atoms with Gasteiger partial charge in [-0.25, -0.2) is 0 Å². The first kappa shape index (κ1) is 14.0. The summed E-state index contributed by atoms with van der Waals surface area (Å²) in [5.41, 5.74) is 1.66. The van der Waals surface area contributed by atoms with E-state index in [2.05, 4.69) is 15.1 Å². The molecule has 0 spiro atoms. The normalized spacial score (nSPS) is 26.9. The van der Waals surface area contributed by atoms with E-state index in [4.69, 9.17) is 16.3 Å². The lowest BCUT2D eigenvalue weighted by molar-refractivity contribution is -0.0103. The Kier molecular flexibility index (Phi) is 3.72. The fourth-order valence-electron chi connectivity index (χ4n) is 3.39. The van der Waals surface area contributed by atoms with Crippen LogP contribution in [0.5, 0.6) is 5.88 Å². The second kappa shape index (κ2) is 5.86. The summed E-state index contributed by atoms with van der Waals surface area (Å²) in [6, 6.07) is 11.5. The molecular formula is C17H18ClN3O. The summed E-state index contributed by atoms with van der Waals surface area (Å²) in [5, 5.41) is 9.17. The summed E-state index contributed by atoms with van der Waals surface area (Å²) in [5.74, 6) is 1.27. The maximum absolute atomic E-state index is 6.19. The van der Waals surface area contributed by atoms with Gasteiger partial charge in [-0.05, 0) is 44.0 Å². The molecule has 4 heterocycles. The molecule has 1 aromatic heterocycles. The molecule has 3 aliphatic rings. The molecule has 3 fully saturated rings. The molecule has 1 unspecified atom stereocenters. The zero-order valence-electron chi connectivity index (χ0n) is 12.3. The van der Waals surface area contributed by atoms with Crippen molar-refractivity contribution in [2.24, 2.45) is 5.92 Å². The molecule has 0 aliphatic carbocycles. The van der Waals surface area contributed by atoms with Crippen molar-refractivity contribution in [3.8, 4) is 17.1 Å². The number of fused-ring (bicyclic) bond motifs is 3. The molecule has 2 bridgehead atoms. The van der Waals surface area contributed by atoms with Crippen LogP contribution in [-0.4, -0.2) is 40.8 Å². The minimum atomic E-state index is 0.253. The van der Waals surface area contributed by atoms with Crippen LogP contribution < -0.4 is 4.74 Å². The summed E-state index contributed by atoms with van der Waals surface area (Å²) in [6.45, 7) is 3.43. The van der Waals surface area contributed by atoms with E-state index in [1.54, 1.807) is 0 Å². The van der Waals surface area contributed by atoms with E-state index in [1.165, 1.54) is 25.9 Å². The Labute approximate surface area is 135 Å². The quantitative estimate of drug-likeness (QED) is 0.871. The van der Waals surface area contributed by atoms with Gasteiger partial charge in [0.25, 0.3) is 0 Å². The zero-order valence-corrected chi connectivity index (χ0v) is 13.0. The second-order valence-corrected chi connectivity index (χ2v) is 6.44. The van der Waals surface area contributed by atoms with Crippen molar-refractivity contribution in [1.29, 1.82) is 0 Å². The number of nitrogens with zero attached hydrogens (tertiary/aromatic N) is 3. The standard InChI is InChI=1S/C17H18ClN3O/c18-14-4-2-1-3-13(14)15-5-6-17(20-19-15)22-16-11-21-9-7-12(16)8-10-21/h1-6,12,16H,7-11H2. The minimum Gasteiger partial charge on any atom is -0.472 e. The zero-order chi connectivity index (χ0) is 14.9. The van der Waals surface area contributed by atoms with Crippen LogP contribution in [0.4, 0.5) is 0 Å². The number of hydrogen-bond donors (Lipinski definition) is 0. The molecule has 4 nitrogen and oxygen atoms in total. The fourth-order valence-corrected chi connectivity index (χ4v) is 3.63. The molecule has 2 aromatic rings. The third kappa shape index (κ3) is 2.69. The van der Waals surface area contributed by atoms with E-state index in [0.29, 0.717) is 16.8 Å². The van der Waals surface area contributed by atoms with Crippen LogP contribution in [0.1, 0.15) is 12.8 Å². The van der Waals surface area contributed by atoms with Crippen LogP contribution in [-0.2, 0) is 0 Å². The third-order valence-corrected chi connectivity index (χ3v) is 4.99. The van der Waals surface area contributed by atoms with Gasteiger partial charge in [0.2, 0.25) is 5.88 Å². The van der Waals surface area contributed by atoms with Gasteiger partial charge < -0.3 is 4.74 Å². The topological polar surface area (TPSA) is 38.2 Å². The highest BCUT2D eigenvalue weighted by molar-refractivity contribution is 6.33. The number of piperidine rings is 3. The average molecular weight is 316 g/mol. The number of halogens is 1. The van der Waals surface area contributed by atoms with E-state index in [-0.39, 0.29) is 6.10 Å². The van der Waals surface area contributed by atoms with Gasteiger partial charge in [0.1, 0.15) is 6.10 Å². The molecule has 0 radical (unpaired) electrons. The van der Waals surface area contributed by atoms with E-state index in [1.807, 2.05) is 36.4 Å². The SMILES string of the molecule is Clc1ccccc1-c1ccc(OC2CN3CCC2CC3)nn1. The van der Waals surface area contributed by atoms with E-state index in [0.717, 1.165) is 17.8 Å². The maximum Gasteiger partial charge on any atom is 0.233 e. The highest BCUT2D eigenvalue weighted by Gasteiger charge is 2.35. The molecule has 3 aliphatic heterocycles. The Hall–Kier alpha value is -1.65. The fraction of sp³-hybridized carbons (Fsp3) is 0.412. The average Bonchev–Trinajstić information content (AvgIpc) is 2.57. The van der Waals surface area contributed by atoms with Crippen LogP contribution in [0.3, 0.4) is 0 Å². The number of rotatable bonds is 3. The first-order valence-electron chi connectivity index (χ1n) is 7.77. The van der Waals surface area contributed by atoms with Gasteiger partial charge in [0, 0.05) is 18.2 Å². The lowest BCUT2D eigenvalue weighted by Crippen LogP contribution is -2.52. The van der Waals surface area contributed by atoms with Crippen molar-refractivity contribution in [2.45, 2.75) is 18.9 Å². The lowest BCUT2D eigenvalue weighted by Gasteiger charge is -2.44. The van der Waals surface area contributed by atoms with E-state index >= 15 is 0 Å². The number of ether oxygens (including phenoxy) is 1. The van der Waals surface area contributed by atoms with Crippen LogP contribution in [0.15, 0.2) is 36.4 Å². The van der Waals surface area contributed by atoms with E-state index < -0.39 is 0 Å². The van der Waals surface area contributed by atoms with Gasteiger partial charge in [-0.1, -0.05) is 29.8 Å². The predicted octanol–water partition coefficient (Wildman–Crippen LogP) is 3.27. The number of aromatic nitrogens is 2. The monoisotopic (exact) mass is 315 g/mol. The molecule has 1 aromatic carbocycles. The van der Waals surface area contributed by atoms with E-state index in [9.17, 15) is 0 Å². The summed E-state index contributed by atoms with van der Waals surface area (Å²) in [4.78, 5) is 2.47. The molecule has 5 rings (SSSR count). The molecule has 1 atom stereocenters. The molecule has 0 N–H and O–H groups in total. The highest BCUT2D eigenvalue weighted by atomic mass is 35.5. The Bertz CT molecular complexity index is 653. The van der Waals surface area contributed by atoms with Gasteiger partial charge in [-0.15, -0.1) is 10.2 Å². The van der Waals surface area contributed by atoms with Gasteiger partial charge >= 0.3 is 0 Å². The summed E-state index contributed by atoms with van der Waals surface area (Å²) >= 11 is 6.19. The Morgan fingerprint density at radius 2 is 1.86 bits per heavy atom. The van der Waals surface area contributed by atoms with Crippen molar-refractivity contribution in [2.75, 3.05) is 19.6 Å². The molecule has 0 saturated carbocycles. The smallest absolute Gasteiger partial charge is 0.233 e. The Morgan fingerprint density at radius 3 is 2.50 bits per heavy atom. The molecule has 114 valence electrons. The molecular weight excluding hydrogens is 298 g/mol. The minimum absolute atomic E-state index is 0.253. The van der Waals surface area contributed by atoms with Gasteiger partial charge in [-0.2, -0.15) is 0 Å². The Morgan fingerprint density at radius 1 is 1.05 bits per heavy atom. The summed E-state index contributed by atoms with van der Waals surface area (Å²) in [7, 11) is 0. The molecule has 0 amide bonds. The van der Waals surface area contributed by atoms with Crippen molar-refractivity contribution < 1.29 is 4.74 Å². The van der Waals surface area contributed by atoms with Crippen molar-refractivity contribution in [3.05, 3.63) is 41.4 Å². The predicted molar refractivity (Wildman–Crippen MR) is 86.1 cm³/mol. The Balaban J connectivity index is 1.49. The van der Waals surface area contributed by atoms with Gasteiger partial charge in [0.15, 0.2) is 0 Å².